The SMILES string of the molecule is COc1ccc2c(S(C)(=O)=O)cc(-c3ncc(NC(C)C)s3)nc2c1Br. The first-order valence-corrected chi connectivity index (χ1v) is 11.3. The Hall–Kier alpha value is -1.71. The first-order chi connectivity index (χ1) is 12.2. The zero-order valence-corrected chi connectivity index (χ0v) is 17.9. The van der Waals surface area contributed by atoms with E-state index in [-0.39, 0.29) is 10.9 Å². The normalized spacial score (nSPS) is 11.9. The molecule has 1 N–H and O–H groups in total. The minimum absolute atomic E-state index is 0.217. The van der Waals surface area contributed by atoms with Crippen molar-refractivity contribution in [2.45, 2.75) is 24.8 Å². The van der Waals surface area contributed by atoms with E-state index in [9.17, 15) is 8.42 Å². The van der Waals surface area contributed by atoms with Crippen LogP contribution in [-0.4, -0.2) is 37.8 Å². The Kier molecular flexibility index (Phi) is 5.23. The largest absolute Gasteiger partial charge is 0.495 e. The number of thiazole rings is 1. The van der Waals surface area contributed by atoms with Crippen molar-refractivity contribution in [3.63, 3.8) is 0 Å². The Morgan fingerprint density at radius 2 is 2.04 bits per heavy atom. The van der Waals surface area contributed by atoms with Gasteiger partial charge in [-0.25, -0.2) is 18.4 Å². The lowest BCUT2D eigenvalue weighted by Crippen LogP contribution is -2.07. The molecule has 6 nitrogen and oxygen atoms in total. The van der Waals surface area contributed by atoms with Gasteiger partial charge in [-0.2, -0.15) is 0 Å². The molecule has 9 heteroatoms. The lowest BCUT2D eigenvalue weighted by Gasteiger charge is -2.11. The summed E-state index contributed by atoms with van der Waals surface area (Å²) in [5, 5.41) is 5.38. The minimum Gasteiger partial charge on any atom is -0.495 e. The number of hydrogen-bond acceptors (Lipinski definition) is 7. The van der Waals surface area contributed by atoms with E-state index in [2.05, 4.69) is 31.2 Å². The zero-order valence-electron chi connectivity index (χ0n) is 14.7. The van der Waals surface area contributed by atoms with Gasteiger partial charge < -0.3 is 10.1 Å². The molecule has 0 aliphatic heterocycles. The lowest BCUT2D eigenvalue weighted by atomic mass is 10.2. The molecular weight excluding hydrogens is 438 g/mol. The number of ether oxygens (including phenoxy) is 1. The van der Waals surface area contributed by atoms with Gasteiger partial charge in [0.2, 0.25) is 0 Å². The molecule has 2 aromatic heterocycles. The maximum absolute atomic E-state index is 12.3. The third-order valence-electron chi connectivity index (χ3n) is 3.62. The average molecular weight is 456 g/mol. The van der Waals surface area contributed by atoms with E-state index in [0.29, 0.717) is 31.8 Å². The average Bonchev–Trinajstić information content (AvgIpc) is 3.01. The molecule has 0 unspecified atom stereocenters. The van der Waals surface area contributed by atoms with Crippen LogP contribution in [0.2, 0.25) is 0 Å². The van der Waals surface area contributed by atoms with E-state index in [0.717, 1.165) is 5.00 Å². The Morgan fingerprint density at radius 1 is 1.31 bits per heavy atom. The van der Waals surface area contributed by atoms with Crippen LogP contribution >= 0.6 is 27.3 Å². The second-order valence-electron chi connectivity index (χ2n) is 6.08. The van der Waals surface area contributed by atoms with Crippen molar-refractivity contribution in [2.75, 3.05) is 18.7 Å². The number of nitrogens with zero attached hydrogens (tertiary/aromatic N) is 2. The van der Waals surface area contributed by atoms with Gasteiger partial charge in [0.15, 0.2) is 9.84 Å². The molecule has 0 aliphatic rings. The summed E-state index contributed by atoms with van der Waals surface area (Å²) in [6.45, 7) is 4.08. The molecule has 0 radical (unpaired) electrons. The number of hydrogen-bond donors (Lipinski definition) is 1. The maximum atomic E-state index is 12.3. The quantitative estimate of drug-likeness (QED) is 0.615. The molecule has 3 rings (SSSR count). The van der Waals surface area contributed by atoms with Crippen molar-refractivity contribution in [3.05, 3.63) is 28.9 Å². The number of sulfone groups is 1. The van der Waals surface area contributed by atoms with Gasteiger partial charge in [0.1, 0.15) is 21.5 Å². The van der Waals surface area contributed by atoms with E-state index >= 15 is 0 Å². The highest BCUT2D eigenvalue weighted by molar-refractivity contribution is 9.10. The Labute approximate surface area is 164 Å². The fourth-order valence-electron chi connectivity index (χ4n) is 2.53. The first-order valence-electron chi connectivity index (χ1n) is 7.80. The summed E-state index contributed by atoms with van der Waals surface area (Å²) in [6.07, 6.45) is 2.92. The number of nitrogens with one attached hydrogen (secondary N) is 1. The molecule has 2 heterocycles. The predicted octanol–water partition coefficient (Wildman–Crippen LogP) is 4.35. The molecular formula is C17H18BrN3O3S2. The van der Waals surface area contributed by atoms with Gasteiger partial charge in [-0.3, -0.25) is 0 Å². The standard InChI is InChI=1S/C17H18BrN3O3S2/c1-9(2)20-14-8-19-17(25-14)11-7-13(26(4,22)23)10-5-6-12(24-3)15(18)16(10)21-11/h5-9,20H,1-4H3. The van der Waals surface area contributed by atoms with Crippen LogP contribution in [-0.2, 0) is 9.84 Å². The van der Waals surface area contributed by atoms with Crippen LogP contribution in [0.3, 0.4) is 0 Å². The number of fused-ring (bicyclic) bond motifs is 1. The second-order valence-corrected chi connectivity index (χ2v) is 9.89. The van der Waals surface area contributed by atoms with Crippen LogP contribution < -0.4 is 10.1 Å². The summed E-state index contributed by atoms with van der Waals surface area (Å²) in [5.74, 6) is 0.586. The van der Waals surface area contributed by atoms with E-state index in [1.165, 1.54) is 17.6 Å². The minimum atomic E-state index is -3.45. The number of aromatic nitrogens is 2. The van der Waals surface area contributed by atoms with Crippen LogP contribution in [0.4, 0.5) is 5.00 Å². The maximum Gasteiger partial charge on any atom is 0.176 e. The molecule has 0 amide bonds. The molecule has 0 atom stereocenters. The fourth-order valence-corrected chi connectivity index (χ4v) is 4.94. The van der Waals surface area contributed by atoms with Crippen LogP contribution in [0.5, 0.6) is 5.75 Å². The van der Waals surface area contributed by atoms with Gasteiger partial charge in [0, 0.05) is 17.7 Å². The topological polar surface area (TPSA) is 81.2 Å². The van der Waals surface area contributed by atoms with Crippen LogP contribution in [0.15, 0.2) is 33.8 Å². The van der Waals surface area contributed by atoms with Crippen LogP contribution in [0.1, 0.15) is 13.8 Å². The highest BCUT2D eigenvalue weighted by Gasteiger charge is 2.20. The van der Waals surface area contributed by atoms with Crippen molar-refractivity contribution >= 4 is 53.0 Å². The third kappa shape index (κ3) is 3.70. The third-order valence-corrected chi connectivity index (χ3v) is 6.48. The number of anilines is 1. The smallest absolute Gasteiger partial charge is 0.176 e. The Morgan fingerprint density at radius 3 is 2.65 bits per heavy atom. The van der Waals surface area contributed by atoms with E-state index in [1.807, 2.05) is 13.8 Å². The summed E-state index contributed by atoms with van der Waals surface area (Å²) < 4.78 is 30.6. The highest BCUT2D eigenvalue weighted by atomic mass is 79.9. The van der Waals surface area contributed by atoms with Crippen molar-refractivity contribution in [1.82, 2.24) is 9.97 Å². The molecule has 0 saturated carbocycles. The van der Waals surface area contributed by atoms with E-state index in [4.69, 9.17) is 4.74 Å². The second kappa shape index (κ2) is 7.13. The van der Waals surface area contributed by atoms with Crippen molar-refractivity contribution in [3.8, 4) is 16.5 Å². The zero-order chi connectivity index (χ0) is 19.1. The lowest BCUT2D eigenvalue weighted by molar-refractivity contribution is 0.413. The predicted molar refractivity (Wildman–Crippen MR) is 109 cm³/mol. The molecule has 26 heavy (non-hydrogen) atoms. The molecule has 3 aromatic rings. The van der Waals surface area contributed by atoms with Gasteiger partial charge in [-0.1, -0.05) is 11.3 Å². The van der Waals surface area contributed by atoms with Gasteiger partial charge in [0.05, 0.1) is 28.2 Å². The van der Waals surface area contributed by atoms with Crippen LogP contribution in [0.25, 0.3) is 21.6 Å². The van der Waals surface area contributed by atoms with Crippen molar-refractivity contribution in [1.29, 1.82) is 0 Å². The van der Waals surface area contributed by atoms with Crippen LogP contribution in [0, 0.1) is 0 Å². The van der Waals surface area contributed by atoms with E-state index in [1.54, 1.807) is 31.5 Å². The fraction of sp³-hybridized carbons (Fsp3) is 0.294. The molecule has 138 valence electrons. The first kappa shape index (κ1) is 19.1. The number of rotatable bonds is 5. The Bertz CT molecular complexity index is 1080. The number of pyridine rings is 1. The number of benzene rings is 1. The van der Waals surface area contributed by atoms with Crippen molar-refractivity contribution < 1.29 is 13.2 Å². The summed E-state index contributed by atoms with van der Waals surface area (Å²) in [7, 11) is -1.90. The highest BCUT2D eigenvalue weighted by Crippen LogP contribution is 2.38. The summed E-state index contributed by atoms with van der Waals surface area (Å²) in [5.41, 5.74) is 1.03. The summed E-state index contributed by atoms with van der Waals surface area (Å²) in [6, 6.07) is 5.28. The molecule has 0 spiro atoms. The van der Waals surface area contributed by atoms with Gasteiger partial charge in [0.25, 0.3) is 0 Å². The summed E-state index contributed by atoms with van der Waals surface area (Å²) >= 11 is 4.91. The number of halogens is 1. The van der Waals surface area contributed by atoms with Gasteiger partial charge >= 0.3 is 0 Å². The molecule has 0 fully saturated rings. The van der Waals surface area contributed by atoms with Gasteiger partial charge in [-0.05, 0) is 48.0 Å². The molecule has 1 aromatic carbocycles. The number of methoxy groups -OCH3 is 1. The molecule has 0 aliphatic carbocycles. The summed E-state index contributed by atoms with van der Waals surface area (Å²) in [4.78, 5) is 9.26. The molecule has 0 bridgehead atoms. The Balaban J connectivity index is 2.26. The van der Waals surface area contributed by atoms with Crippen molar-refractivity contribution in [2.24, 2.45) is 0 Å². The monoisotopic (exact) mass is 455 g/mol. The van der Waals surface area contributed by atoms with E-state index < -0.39 is 9.84 Å². The molecule has 0 saturated heterocycles. The van der Waals surface area contributed by atoms with Gasteiger partial charge in [-0.15, -0.1) is 0 Å².